The maximum absolute atomic E-state index is 11.6. The quantitative estimate of drug-likeness (QED) is 0.861. The molecule has 5 nitrogen and oxygen atoms in total. The smallest absolute Gasteiger partial charge is 0.261 e. The number of rotatable bonds is 5. The van der Waals surface area contributed by atoms with Crippen molar-refractivity contribution in [2.24, 2.45) is 0 Å². The first-order valence-corrected chi connectivity index (χ1v) is 6.61. The average Bonchev–Trinajstić information content (AvgIpc) is 2.98. The van der Waals surface area contributed by atoms with E-state index in [2.05, 4.69) is 15.6 Å². The Morgan fingerprint density at radius 3 is 2.63 bits per heavy atom. The summed E-state index contributed by atoms with van der Waals surface area (Å²) in [6.45, 7) is 0.401. The molecule has 0 fully saturated rings. The average molecular weight is 275 g/mol. The number of amides is 2. The predicted octanol–water partition coefficient (Wildman–Crippen LogP) is 1.19. The van der Waals surface area contributed by atoms with Crippen LogP contribution in [0.5, 0.6) is 0 Å². The van der Waals surface area contributed by atoms with Gasteiger partial charge in [-0.2, -0.15) is 0 Å². The third-order valence-corrected chi connectivity index (χ3v) is 3.26. The molecule has 0 aromatic carbocycles. The molecule has 0 saturated heterocycles. The van der Waals surface area contributed by atoms with E-state index in [9.17, 15) is 9.59 Å². The summed E-state index contributed by atoms with van der Waals surface area (Å²) in [5.74, 6) is -0.448. The molecule has 0 bridgehead atoms. The molecular weight excluding hydrogens is 262 g/mol. The molecule has 0 radical (unpaired) electrons. The van der Waals surface area contributed by atoms with Gasteiger partial charge in [0.05, 0.1) is 11.4 Å². The lowest BCUT2D eigenvalue weighted by Crippen LogP contribution is -2.36. The summed E-state index contributed by atoms with van der Waals surface area (Å²) in [5, 5.41) is 7.11. The number of pyridine rings is 1. The molecule has 0 spiro atoms. The molecule has 98 valence electrons. The first kappa shape index (κ1) is 13.2. The second-order valence-corrected chi connectivity index (χ2v) is 4.74. The molecule has 2 heterocycles. The summed E-state index contributed by atoms with van der Waals surface area (Å²) in [5.41, 5.74) is 0.966. The molecule has 19 heavy (non-hydrogen) atoms. The van der Waals surface area contributed by atoms with Gasteiger partial charge in [0.1, 0.15) is 0 Å². The molecule has 0 aliphatic heterocycles. The van der Waals surface area contributed by atoms with Crippen LogP contribution in [0.2, 0.25) is 0 Å². The van der Waals surface area contributed by atoms with E-state index in [0.29, 0.717) is 11.4 Å². The number of carbonyl (C=O) groups excluding carboxylic acids is 2. The summed E-state index contributed by atoms with van der Waals surface area (Å²) in [6, 6.07) is 7.16. The normalized spacial score (nSPS) is 9.89. The van der Waals surface area contributed by atoms with Crippen LogP contribution < -0.4 is 10.6 Å². The summed E-state index contributed by atoms with van der Waals surface area (Å²) in [4.78, 5) is 27.6. The zero-order valence-electron chi connectivity index (χ0n) is 10.1. The minimum absolute atomic E-state index is 0.0260. The maximum Gasteiger partial charge on any atom is 0.261 e. The van der Waals surface area contributed by atoms with Gasteiger partial charge in [0.2, 0.25) is 5.91 Å². The first-order valence-electron chi connectivity index (χ1n) is 5.73. The van der Waals surface area contributed by atoms with Gasteiger partial charge in [-0.05, 0) is 29.1 Å². The van der Waals surface area contributed by atoms with Crippen LogP contribution in [-0.4, -0.2) is 23.3 Å². The Balaban J connectivity index is 1.72. The monoisotopic (exact) mass is 275 g/mol. The Labute approximate surface area is 114 Å². The van der Waals surface area contributed by atoms with Gasteiger partial charge < -0.3 is 10.6 Å². The van der Waals surface area contributed by atoms with Crippen molar-refractivity contribution >= 4 is 23.2 Å². The number of nitrogens with one attached hydrogen (secondary N) is 2. The summed E-state index contributed by atoms with van der Waals surface area (Å²) >= 11 is 1.34. The molecule has 0 atom stereocenters. The van der Waals surface area contributed by atoms with Crippen LogP contribution in [0.15, 0.2) is 42.0 Å². The number of hydrogen-bond donors (Lipinski definition) is 2. The predicted molar refractivity (Wildman–Crippen MR) is 72.7 cm³/mol. The number of thiophene rings is 1. The van der Waals surface area contributed by atoms with Crippen LogP contribution in [0.3, 0.4) is 0 Å². The Morgan fingerprint density at radius 1 is 1.16 bits per heavy atom. The fourth-order valence-electron chi connectivity index (χ4n) is 1.42. The van der Waals surface area contributed by atoms with Crippen LogP contribution in [0.4, 0.5) is 0 Å². The van der Waals surface area contributed by atoms with Crippen molar-refractivity contribution in [1.29, 1.82) is 0 Å². The SMILES string of the molecule is O=C(CNC(=O)c1cccs1)NCc1ccncc1. The number of hydrogen-bond acceptors (Lipinski definition) is 4. The summed E-state index contributed by atoms with van der Waals surface area (Å²) in [6.07, 6.45) is 3.33. The summed E-state index contributed by atoms with van der Waals surface area (Å²) in [7, 11) is 0. The first-order chi connectivity index (χ1) is 9.25. The minimum Gasteiger partial charge on any atom is -0.350 e. The van der Waals surface area contributed by atoms with Crippen molar-refractivity contribution in [3.63, 3.8) is 0 Å². The maximum atomic E-state index is 11.6. The highest BCUT2D eigenvalue weighted by Gasteiger charge is 2.08. The lowest BCUT2D eigenvalue weighted by molar-refractivity contribution is -0.120. The van der Waals surface area contributed by atoms with Crippen molar-refractivity contribution in [1.82, 2.24) is 15.6 Å². The van der Waals surface area contributed by atoms with Gasteiger partial charge in [-0.25, -0.2) is 0 Å². The standard InChI is InChI=1S/C13H13N3O2S/c17-12(15-8-10-3-5-14-6-4-10)9-16-13(18)11-2-1-7-19-11/h1-7H,8-9H2,(H,15,17)(H,16,18). The highest BCUT2D eigenvalue weighted by Crippen LogP contribution is 2.07. The fourth-order valence-corrected chi connectivity index (χ4v) is 2.06. The van der Waals surface area contributed by atoms with E-state index in [1.165, 1.54) is 11.3 Å². The van der Waals surface area contributed by atoms with Crippen molar-refractivity contribution in [2.45, 2.75) is 6.54 Å². The Hall–Kier alpha value is -2.21. The Bertz CT molecular complexity index is 540. The van der Waals surface area contributed by atoms with Gasteiger partial charge in [0.25, 0.3) is 5.91 Å². The Morgan fingerprint density at radius 2 is 1.95 bits per heavy atom. The molecule has 2 aromatic rings. The highest BCUT2D eigenvalue weighted by atomic mass is 32.1. The van der Waals surface area contributed by atoms with Crippen LogP contribution in [0.1, 0.15) is 15.2 Å². The molecule has 0 saturated carbocycles. The van der Waals surface area contributed by atoms with Gasteiger partial charge in [0.15, 0.2) is 0 Å². The van der Waals surface area contributed by atoms with Crippen LogP contribution in [-0.2, 0) is 11.3 Å². The number of aromatic nitrogens is 1. The minimum atomic E-state index is -0.228. The van der Waals surface area contributed by atoms with E-state index < -0.39 is 0 Å². The van der Waals surface area contributed by atoms with Gasteiger partial charge >= 0.3 is 0 Å². The molecule has 6 heteroatoms. The van der Waals surface area contributed by atoms with E-state index in [4.69, 9.17) is 0 Å². The lowest BCUT2D eigenvalue weighted by atomic mass is 10.3. The topological polar surface area (TPSA) is 71.1 Å². The lowest BCUT2D eigenvalue weighted by Gasteiger charge is -2.06. The third-order valence-electron chi connectivity index (χ3n) is 2.39. The van der Waals surface area contributed by atoms with Crippen LogP contribution in [0, 0.1) is 0 Å². The molecule has 2 amide bonds. The zero-order chi connectivity index (χ0) is 13.5. The van der Waals surface area contributed by atoms with Gasteiger partial charge in [-0.3, -0.25) is 14.6 Å². The number of carbonyl (C=O) groups is 2. The molecular formula is C13H13N3O2S. The van der Waals surface area contributed by atoms with Gasteiger partial charge in [0, 0.05) is 18.9 Å². The van der Waals surface area contributed by atoms with Crippen molar-refractivity contribution in [3.05, 3.63) is 52.5 Å². The summed E-state index contributed by atoms with van der Waals surface area (Å²) < 4.78 is 0. The van der Waals surface area contributed by atoms with E-state index in [1.807, 2.05) is 17.5 Å². The van der Waals surface area contributed by atoms with E-state index in [0.717, 1.165) is 5.56 Å². The van der Waals surface area contributed by atoms with E-state index in [-0.39, 0.29) is 18.4 Å². The van der Waals surface area contributed by atoms with E-state index >= 15 is 0 Å². The molecule has 2 rings (SSSR count). The van der Waals surface area contributed by atoms with Crippen LogP contribution >= 0.6 is 11.3 Å². The van der Waals surface area contributed by atoms with Gasteiger partial charge in [-0.1, -0.05) is 6.07 Å². The van der Waals surface area contributed by atoms with Crippen LogP contribution in [0.25, 0.3) is 0 Å². The third kappa shape index (κ3) is 4.18. The van der Waals surface area contributed by atoms with Gasteiger partial charge in [-0.15, -0.1) is 11.3 Å². The zero-order valence-corrected chi connectivity index (χ0v) is 10.9. The second kappa shape index (κ2) is 6.65. The van der Waals surface area contributed by atoms with E-state index in [1.54, 1.807) is 24.5 Å². The largest absolute Gasteiger partial charge is 0.350 e. The van der Waals surface area contributed by atoms with Crippen molar-refractivity contribution < 1.29 is 9.59 Å². The Kier molecular flexibility index (Phi) is 4.63. The fraction of sp³-hybridized carbons (Fsp3) is 0.154. The van der Waals surface area contributed by atoms with Crippen molar-refractivity contribution in [3.8, 4) is 0 Å². The number of nitrogens with zero attached hydrogens (tertiary/aromatic N) is 1. The van der Waals surface area contributed by atoms with Crippen molar-refractivity contribution in [2.75, 3.05) is 6.54 Å². The molecule has 2 N–H and O–H groups in total. The second-order valence-electron chi connectivity index (χ2n) is 3.79. The molecule has 2 aromatic heterocycles. The molecule has 0 aliphatic rings. The highest BCUT2D eigenvalue weighted by molar-refractivity contribution is 7.12. The molecule has 0 unspecified atom stereocenters. The molecule has 0 aliphatic carbocycles.